The predicted octanol–water partition coefficient (Wildman–Crippen LogP) is 6.82. The van der Waals surface area contributed by atoms with Crippen molar-refractivity contribution < 1.29 is 22.7 Å². The molecule has 1 atom stereocenters. The van der Waals surface area contributed by atoms with Crippen molar-refractivity contribution in [1.29, 1.82) is 0 Å². The molecule has 0 saturated carbocycles. The van der Waals surface area contributed by atoms with Gasteiger partial charge in [-0.15, -0.1) is 11.8 Å². The van der Waals surface area contributed by atoms with Crippen LogP contribution in [0, 0.1) is 0 Å². The molecule has 4 aromatic rings. The summed E-state index contributed by atoms with van der Waals surface area (Å²) >= 11 is 7.66. The number of thioether (sulfide) groups is 1. The molecule has 0 bridgehead atoms. The number of anilines is 1. The van der Waals surface area contributed by atoms with Crippen LogP contribution in [0.2, 0.25) is 5.02 Å². The molecule has 1 N–H and O–H groups in total. The van der Waals surface area contributed by atoms with Crippen molar-refractivity contribution in [1.82, 2.24) is 10.2 Å². The average molecular weight is 694 g/mol. The van der Waals surface area contributed by atoms with Gasteiger partial charge in [0.2, 0.25) is 11.8 Å². The molecule has 8 nitrogen and oxygen atoms in total. The van der Waals surface area contributed by atoms with Gasteiger partial charge in [0.15, 0.2) is 0 Å². The summed E-state index contributed by atoms with van der Waals surface area (Å²) in [4.78, 5) is 30.9. The number of ether oxygens (including phenoxy) is 1. The van der Waals surface area contributed by atoms with Gasteiger partial charge >= 0.3 is 0 Å². The van der Waals surface area contributed by atoms with Crippen molar-refractivity contribution in [3.05, 3.63) is 119 Å². The lowest BCUT2D eigenvalue weighted by Crippen LogP contribution is -2.54. The monoisotopic (exact) mass is 693 g/mol. The fourth-order valence-electron chi connectivity index (χ4n) is 5.05. The second kappa shape index (κ2) is 16.7. The molecular formula is C36H40ClN3O5S2. The van der Waals surface area contributed by atoms with Crippen LogP contribution in [0.5, 0.6) is 5.75 Å². The number of carbonyl (C=O) groups is 2. The van der Waals surface area contributed by atoms with Crippen LogP contribution in [0.1, 0.15) is 31.9 Å². The Balaban J connectivity index is 1.84. The van der Waals surface area contributed by atoms with Crippen LogP contribution in [0.4, 0.5) is 5.69 Å². The lowest BCUT2D eigenvalue weighted by molar-refractivity contribution is -0.140. The minimum atomic E-state index is -4.27. The van der Waals surface area contributed by atoms with Crippen LogP contribution in [-0.4, -0.2) is 56.6 Å². The molecular weight excluding hydrogens is 654 g/mol. The van der Waals surface area contributed by atoms with E-state index in [4.69, 9.17) is 16.3 Å². The molecule has 0 unspecified atom stereocenters. The molecule has 4 rings (SSSR count). The highest BCUT2D eigenvalue weighted by atomic mass is 35.5. The number of nitrogens with one attached hydrogen (secondary N) is 1. The molecule has 0 heterocycles. The minimum Gasteiger partial charge on any atom is -0.492 e. The summed E-state index contributed by atoms with van der Waals surface area (Å²) in [5.41, 5.74) is 1.80. The number of nitrogens with zero attached hydrogens (tertiary/aromatic N) is 2. The van der Waals surface area contributed by atoms with E-state index in [1.165, 1.54) is 28.8 Å². The Morgan fingerprint density at radius 3 is 2.13 bits per heavy atom. The summed E-state index contributed by atoms with van der Waals surface area (Å²) in [6, 6.07) is 28.5. The van der Waals surface area contributed by atoms with Crippen molar-refractivity contribution in [2.45, 2.75) is 55.6 Å². The summed E-state index contributed by atoms with van der Waals surface area (Å²) in [6.45, 7) is 5.26. The maximum Gasteiger partial charge on any atom is 0.264 e. The van der Waals surface area contributed by atoms with E-state index < -0.39 is 28.5 Å². The Kier molecular flexibility index (Phi) is 12.8. The number of para-hydroxylation sites is 2. The highest BCUT2D eigenvalue weighted by molar-refractivity contribution is 7.98. The Labute approximate surface area is 287 Å². The second-order valence-electron chi connectivity index (χ2n) is 11.1. The molecule has 0 aliphatic carbocycles. The molecule has 47 heavy (non-hydrogen) atoms. The Morgan fingerprint density at radius 1 is 0.872 bits per heavy atom. The fourth-order valence-corrected chi connectivity index (χ4v) is 7.01. The molecule has 0 aliphatic heterocycles. The van der Waals surface area contributed by atoms with E-state index in [0.717, 1.165) is 20.3 Å². The van der Waals surface area contributed by atoms with Crippen LogP contribution in [0.3, 0.4) is 0 Å². The molecule has 0 radical (unpaired) electrons. The van der Waals surface area contributed by atoms with Gasteiger partial charge in [-0.3, -0.25) is 13.9 Å². The third-order valence-electron chi connectivity index (χ3n) is 7.33. The van der Waals surface area contributed by atoms with Crippen LogP contribution in [-0.2, 0) is 32.6 Å². The molecule has 4 aromatic carbocycles. The SMILES string of the molecule is CCOc1ccccc1N(CC(=O)N(Cc1ccc(Cl)cc1)[C@H](Cc1ccccc1)C(=O)NC(C)C)S(=O)(=O)c1ccc(SC)cc1. The van der Waals surface area contributed by atoms with E-state index in [-0.39, 0.29) is 35.5 Å². The van der Waals surface area contributed by atoms with Crippen LogP contribution >= 0.6 is 23.4 Å². The van der Waals surface area contributed by atoms with Gasteiger partial charge in [0.25, 0.3) is 10.0 Å². The van der Waals surface area contributed by atoms with Gasteiger partial charge < -0.3 is 15.0 Å². The first-order valence-corrected chi connectivity index (χ1v) is 18.3. The first kappa shape index (κ1) is 35.9. The predicted molar refractivity (Wildman–Crippen MR) is 190 cm³/mol. The summed E-state index contributed by atoms with van der Waals surface area (Å²) in [5, 5.41) is 3.49. The number of hydrogen-bond acceptors (Lipinski definition) is 6. The first-order chi connectivity index (χ1) is 22.5. The number of rotatable bonds is 15. The zero-order valence-corrected chi connectivity index (χ0v) is 29.3. The van der Waals surface area contributed by atoms with Crippen molar-refractivity contribution >= 4 is 50.9 Å². The van der Waals surface area contributed by atoms with Crippen LogP contribution < -0.4 is 14.4 Å². The average Bonchev–Trinajstić information content (AvgIpc) is 3.06. The number of sulfonamides is 1. The van der Waals surface area contributed by atoms with E-state index in [2.05, 4.69) is 5.32 Å². The molecule has 248 valence electrons. The summed E-state index contributed by atoms with van der Waals surface area (Å²) in [6.07, 6.45) is 2.13. The zero-order valence-electron chi connectivity index (χ0n) is 26.9. The van der Waals surface area contributed by atoms with Crippen molar-refractivity contribution in [3.63, 3.8) is 0 Å². The molecule has 0 aromatic heterocycles. The number of amides is 2. The molecule has 2 amide bonds. The van der Waals surface area contributed by atoms with Gasteiger partial charge in [0.05, 0.1) is 17.2 Å². The second-order valence-corrected chi connectivity index (χ2v) is 14.3. The van der Waals surface area contributed by atoms with Gasteiger partial charge in [0.1, 0.15) is 18.3 Å². The van der Waals surface area contributed by atoms with Gasteiger partial charge in [0, 0.05) is 28.9 Å². The highest BCUT2D eigenvalue weighted by Crippen LogP contribution is 2.33. The molecule has 0 fully saturated rings. The Morgan fingerprint density at radius 2 is 1.51 bits per heavy atom. The van der Waals surface area contributed by atoms with E-state index in [0.29, 0.717) is 17.4 Å². The lowest BCUT2D eigenvalue weighted by Gasteiger charge is -2.34. The number of halogens is 1. The van der Waals surface area contributed by atoms with Gasteiger partial charge in [-0.25, -0.2) is 8.42 Å². The van der Waals surface area contributed by atoms with Gasteiger partial charge in [-0.1, -0.05) is 66.2 Å². The maximum atomic E-state index is 14.6. The van der Waals surface area contributed by atoms with Gasteiger partial charge in [-0.2, -0.15) is 0 Å². The van der Waals surface area contributed by atoms with Crippen molar-refractivity contribution in [3.8, 4) is 5.75 Å². The van der Waals surface area contributed by atoms with Crippen LogP contribution in [0.15, 0.2) is 113 Å². The van der Waals surface area contributed by atoms with E-state index in [1.54, 1.807) is 67.6 Å². The number of hydrogen-bond donors (Lipinski definition) is 1. The molecule has 0 saturated heterocycles. The third kappa shape index (κ3) is 9.53. The van der Waals surface area contributed by atoms with Crippen molar-refractivity contribution in [2.75, 3.05) is 23.7 Å². The molecule has 0 spiro atoms. The number of benzene rings is 4. The topological polar surface area (TPSA) is 96.0 Å². The zero-order chi connectivity index (χ0) is 34.0. The van der Waals surface area contributed by atoms with E-state index >= 15 is 0 Å². The fraction of sp³-hybridized carbons (Fsp3) is 0.278. The first-order valence-electron chi connectivity index (χ1n) is 15.3. The summed E-state index contributed by atoms with van der Waals surface area (Å²) in [7, 11) is -4.27. The highest BCUT2D eigenvalue weighted by Gasteiger charge is 2.35. The largest absolute Gasteiger partial charge is 0.492 e. The maximum absolute atomic E-state index is 14.6. The normalized spacial score (nSPS) is 12.0. The quantitative estimate of drug-likeness (QED) is 0.137. The Bertz CT molecular complexity index is 1730. The van der Waals surface area contributed by atoms with E-state index in [9.17, 15) is 18.0 Å². The van der Waals surface area contributed by atoms with Crippen molar-refractivity contribution in [2.24, 2.45) is 0 Å². The third-order valence-corrected chi connectivity index (χ3v) is 10.1. The summed E-state index contributed by atoms with van der Waals surface area (Å²) in [5.74, 6) is -0.590. The van der Waals surface area contributed by atoms with Gasteiger partial charge in [-0.05, 0) is 86.7 Å². The minimum absolute atomic E-state index is 0.0250. The van der Waals surface area contributed by atoms with Crippen LogP contribution in [0.25, 0.3) is 0 Å². The summed E-state index contributed by atoms with van der Waals surface area (Å²) < 4.78 is 35.7. The molecule has 11 heteroatoms. The van der Waals surface area contributed by atoms with E-state index in [1.807, 2.05) is 50.4 Å². The molecule has 0 aliphatic rings. The smallest absolute Gasteiger partial charge is 0.264 e. The lowest BCUT2D eigenvalue weighted by atomic mass is 10.0. The standard InChI is InChI=1S/C36H40ClN3O5S2/c1-5-45-34-14-10-9-13-32(34)40(47(43,44)31-21-19-30(46-4)20-22-31)25-35(41)39(24-28-15-17-29(37)18-16-28)33(36(42)38-26(2)3)23-27-11-7-6-8-12-27/h6-22,26,33H,5,23-25H2,1-4H3,(H,38,42)/t33-/m1/s1. The Hall–Kier alpha value is -3.99. The number of carbonyl (C=O) groups excluding carboxylic acids is 2.